The molecule has 1 N–H and O–H groups in total. The Morgan fingerprint density at radius 3 is 2.71 bits per heavy atom. The first-order valence-corrected chi connectivity index (χ1v) is 12.4. The summed E-state index contributed by atoms with van der Waals surface area (Å²) in [4.78, 5) is 29.0. The summed E-state index contributed by atoms with van der Waals surface area (Å²) in [5.41, 5.74) is 4.21. The van der Waals surface area contributed by atoms with E-state index in [4.69, 9.17) is 16.3 Å². The van der Waals surface area contributed by atoms with Gasteiger partial charge in [-0.2, -0.15) is 0 Å². The van der Waals surface area contributed by atoms with Crippen molar-refractivity contribution in [1.29, 1.82) is 0 Å². The molecule has 2 aromatic rings. The number of methoxy groups -OCH3 is 1. The molecule has 1 aromatic heterocycles. The minimum absolute atomic E-state index is 0.121. The number of esters is 1. The largest absolute Gasteiger partial charge is 0.466 e. The molecule has 0 amide bonds. The SMILES string of the molecule is COC(=O)C1=C(C)NC2=C(C(=O)CCC2)[C@H]1c1cc(CSc2ccc(Cl)cc2)c(C)s1. The number of benzene rings is 1. The third-order valence-corrected chi connectivity index (χ3v) is 8.18. The highest BCUT2D eigenvalue weighted by Crippen LogP contribution is 2.45. The van der Waals surface area contributed by atoms with Gasteiger partial charge in [0.05, 0.1) is 18.6 Å². The fourth-order valence-corrected chi connectivity index (χ4v) is 6.51. The molecule has 31 heavy (non-hydrogen) atoms. The number of carbonyl (C=O) groups excluding carboxylic acids is 2. The van der Waals surface area contributed by atoms with E-state index in [9.17, 15) is 9.59 Å². The molecule has 0 unspecified atom stereocenters. The standard InChI is InChI=1S/C24H24ClNO3S2/c1-13-21(24(28)29-3)23(22-18(26-13)5-4-6-19(22)27)20-11-15(14(2)31-20)12-30-17-9-7-16(25)8-10-17/h7-11,23,26H,4-6,12H2,1-3H3/t23-/m0/s1. The predicted molar refractivity (Wildman–Crippen MR) is 127 cm³/mol. The van der Waals surface area contributed by atoms with Crippen molar-refractivity contribution in [2.45, 2.75) is 49.7 Å². The van der Waals surface area contributed by atoms with E-state index < -0.39 is 0 Å². The maximum absolute atomic E-state index is 12.9. The van der Waals surface area contributed by atoms with Gasteiger partial charge in [-0.1, -0.05) is 11.6 Å². The van der Waals surface area contributed by atoms with E-state index in [2.05, 4.69) is 18.3 Å². The molecular formula is C24H24ClNO3S2. The van der Waals surface area contributed by atoms with E-state index in [1.807, 2.05) is 31.2 Å². The third kappa shape index (κ3) is 4.47. The zero-order chi connectivity index (χ0) is 22.1. The van der Waals surface area contributed by atoms with Gasteiger partial charge in [-0.3, -0.25) is 4.79 Å². The number of rotatable bonds is 5. The maximum Gasteiger partial charge on any atom is 0.336 e. The Morgan fingerprint density at radius 1 is 1.26 bits per heavy atom. The van der Waals surface area contributed by atoms with Crippen LogP contribution < -0.4 is 5.32 Å². The highest BCUT2D eigenvalue weighted by Gasteiger charge is 2.39. The Morgan fingerprint density at radius 2 is 2.00 bits per heavy atom. The normalized spacial score (nSPS) is 18.7. The van der Waals surface area contributed by atoms with Crippen molar-refractivity contribution in [3.8, 4) is 0 Å². The van der Waals surface area contributed by atoms with Gasteiger partial charge in [0, 0.05) is 48.8 Å². The van der Waals surface area contributed by atoms with Crippen LogP contribution in [-0.4, -0.2) is 18.9 Å². The number of ether oxygens (including phenoxy) is 1. The average molecular weight is 474 g/mol. The van der Waals surface area contributed by atoms with Crippen LogP contribution >= 0.6 is 34.7 Å². The number of dihydropyridines is 1. The minimum atomic E-state index is -0.386. The van der Waals surface area contributed by atoms with E-state index in [0.717, 1.165) is 50.4 Å². The summed E-state index contributed by atoms with van der Waals surface area (Å²) in [6, 6.07) is 9.97. The molecule has 1 aliphatic heterocycles. The lowest BCUT2D eigenvalue weighted by atomic mass is 9.78. The zero-order valence-electron chi connectivity index (χ0n) is 17.7. The van der Waals surface area contributed by atoms with Gasteiger partial charge in [0.1, 0.15) is 0 Å². The molecule has 1 atom stereocenters. The van der Waals surface area contributed by atoms with Crippen molar-refractivity contribution in [1.82, 2.24) is 5.32 Å². The van der Waals surface area contributed by atoms with Crippen LogP contribution in [0.2, 0.25) is 5.02 Å². The average Bonchev–Trinajstić information content (AvgIpc) is 3.12. The maximum atomic E-state index is 12.9. The van der Waals surface area contributed by atoms with Crippen LogP contribution in [0.4, 0.5) is 0 Å². The van der Waals surface area contributed by atoms with Crippen LogP contribution in [-0.2, 0) is 20.1 Å². The smallest absolute Gasteiger partial charge is 0.336 e. The van der Waals surface area contributed by atoms with Crippen molar-refractivity contribution in [2.24, 2.45) is 0 Å². The zero-order valence-corrected chi connectivity index (χ0v) is 20.1. The molecule has 1 aliphatic carbocycles. The first-order valence-electron chi connectivity index (χ1n) is 10.2. The molecule has 0 bridgehead atoms. The summed E-state index contributed by atoms with van der Waals surface area (Å²) in [5.74, 6) is 0.179. The van der Waals surface area contributed by atoms with Crippen LogP contribution in [0.5, 0.6) is 0 Å². The van der Waals surface area contributed by atoms with Crippen molar-refractivity contribution in [3.63, 3.8) is 0 Å². The molecule has 0 saturated carbocycles. The second-order valence-corrected chi connectivity index (χ2v) is 10.5. The highest BCUT2D eigenvalue weighted by atomic mass is 35.5. The number of halogens is 1. The number of thiophene rings is 1. The fourth-order valence-electron chi connectivity index (χ4n) is 4.17. The van der Waals surface area contributed by atoms with Crippen molar-refractivity contribution in [3.05, 3.63) is 73.2 Å². The first kappa shape index (κ1) is 22.2. The lowest BCUT2D eigenvalue weighted by molar-refractivity contribution is -0.136. The monoisotopic (exact) mass is 473 g/mol. The fraction of sp³-hybridized carbons (Fsp3) is 0.333. The molecule has 2 heterocycles. The number of hydrogen-bond donors (Lipinski definition) is 1. The summed E-state index contributed by atoms with van der Waals surface area (Å²) < 4.78 is 5.10. The predicted octanol–water partition coefficient (Wildman–Crippen LogP) is 6.14. The van der Waals surface area contributed by atoms with Gasteiger partial charge in [-0.05, 0) is 62.6 Å². The number of hydrogen-bond acceptors (Lipinski definition) is 6. The Labute approximate surface area is 195 Å². The third-order valence-electron chi connectivity index (χ3n) is 5.71. The van der Waals surface area contributed by atoms with E-state index in [1.54, 1.807) is 23.1 Å². The molecule has 162 valence electrons. The number of Topliss-reactive ketones (excluding diaryl/α,β-unsaturated/α-hetero) is 1. The minimum Gasteiger partial charge on any atom is -0.466 e. The summed E-state index contributed by atoms with van der Waals surface area (Å²) in [5, 5.41) is 4.04. The molecule has 2 aliphatic rings. The van der Waals surface area contributed by atoms with Gasteiger partial charge in [-0.15, -0.1) is 23.1 Å². The van der Waals surface area contributed by atoms with Crippen LogP contribution in [0.15, 0.2) is 57.8 Å². The Bertz CT molecular complexity index is 1100. The number of allylic oxidation sites excluding steroid dienone is 3. The van der Waals surface area contributed by atoms with Crippen molar-refractivity contribution >= 4 is 46.5 Å². The van der Waals surface area contributed by atoms with Gasteiger partial charge in [0.25, 0.3) is 0 Å². The van der Waals surface area contributed by atoms with E-state index in [0.29, 0.717) is 12.0 Å². The number of thioether (sulfide) groups is 1. The molecule has 0 radical (unpaired) electrons. The molecule has 0 fully saturated rings. The molecule has 1 aromatic carbocycles. The number of aryl methyl sites for hydroxylation is 1. The van der Waals surface area contributed by atoms with Crippen LogP contribution in [0, 0.1) is 6.92 Å². The number of carbonyl (C=O) groups is 2. The molecule has 0 saturated heterocycles. The first-order chi connectivity index (χ1) is 14.9. The molecule has 7 heteroatoms. The molecule has 4 nitrogen and oxygen atoms in total. The van der Waals surface area contributed by atoms with E-state index in [1.165, 1.54) is 17.6 Å². The summed E-state index contributed by atoms with van der Waals surface area (Å²) in [6.07, 6.45) is 2.19. The number of nitrogens with one attached hydrogen (secondary N) is 1. The van der Waals surface area contributed by atoms with Crippen LogP contribution in [0.25, 0.3) is 0 Å². The lowest BCUT2D eigenvalue weighted by Crippen LogP contribution is -2.33. The van der Waals surface area contributed by atoms with E-state index >= 15 is 0 Å². The Hall–Kier alpha value is -2.02. The van der Waals surface area contributed by atoms with Crippen molar-refractivity contribution in [2.75, 3.05) is 7.11 Å². The summed E-state index contributed by atoms with van der Waals surface area (Å²) >= 11 is 9.39. The van der Waals surface area contributed by atoms with Gasteiger partial charge >= 0.3 is 5.97 Å². The second-order valence-electron chi connectivity index (χ2n) is 7.73. The Balaban J connectivity index is 1.69. The van der Waals surface area contributed by atoms with Gasteiger partial charge in [-0.25, -0.2) is 4.79 Å². The molecule has 4 rings (SSSR count). The molecular weight excluding hydrogens is 450 g/mol. The van der Waals surface area contributed by atoms with Crippen molar-refractivity contribution < 1.29 is 14.3 Å². The quantitative estimate of drug-likeness (QED) is 0.417. The topological polar surface area (TPSA) is 55.4 Å². The molecule has 0 spiro atoms. The lowest BCUT2D eigenvalue weighted by Gasteiger charge is -2.33. The Kier molecular flexibility index (Phi) is 6.60. The van der Waals surface area contributed by atoms with Gasteiger partial charge in [0.15, 0.2) is 5.78 Å². The van der Waals surface area contributed by atoms with E-state index in [-0.39, 0.29) is 17.7 Å². The summed E-state index contributed by atoms with van der Waals surface area (Å²) in [6.45, 7) is 3.99. The number of ketones is 1. The highest BCUT2D eigenvalue weighted by molar-refractivity contribution is 7.98. The van der Waals surface area contributed by atoms with Crippen LogP contribution in [0.1, 0.15) is 47.4 Å². The second kappa shape index (κ2) is 9.23. The summed E-state index contributed by atoms with van der Waals surface area (Å²) in [7, 11) is 1.39. The van der Waals surface area contributed by atoms with Crippen LogP contribution in [0.3, 0.4) is 0 Å². The van der Waals surface area contributed by atoms with Gasteiger partial charge in [0.2, 0.25) is 0 Å². The van der Waals surface area contributed by atoms with Gasteiger partial charge < -0.3 is 10.1 Å².